The molecule has 0 saturated heterocycles. The van der Waals surface area contributed by atoms with E-state index in [4.69, 9.17) is 16.3 Å². The molecule has 1 amide bonds. The van der Waals surface area contributed by atoms with Gasteiger partial charge in [0, 0.05) is 18.7 Å². The topological polar surface area (TPSA) is 82.0 Å². The Labute approximate surface area is 212 Å². The van der Waals surface area contributed by atoms with E-state index in [0.717, 1.165) is 16.7 Å². The molecule has 3 N–H and O–H groups in total. The number of nitrogens with zero attached hydrogens (tertiary/aromatic N) is 1. The van der Waals surface area contributed by atoms with E-state index in [0.29, 0.717) is 36.7 Å². The van der Waals surface area contributed by atoms with Crippen LogP contribution in [0.2, 0.25) is 0 Å². The summed E-state index contributed by atoms with van der Waals surface area (Å²) < 4.78 is 6.04. The summed E-state index contributed by atoms with van der Waals surface area (Å²) >= 11 is 6.60. The van der Waals surface area contributed by atoms with Crippen molar-refractivity contribution in [3.63, 3.8) is 0 Å². The number of hydrogen-bond acceptors (Lipinski definition) is 4. The number of nitrogens with one attached hydrogen (secondary N) is 1. The minimum Gasteiger partial charge on any atom is -0.506 e. The first kappa shape index (κ1) is 26.2. The number of ether oxygens (including phenoxy) is 1. The predicted molar refractivity (Wildman–Crippen MR) is 142 cm³/mol. The SMILES string of the molecule is CC[C@H](C)N(C(=O)O)c1ccc(NCc2cc(OCc3ccccc3)cc(C(C)(C)Cl)c2)c(O)c1. The van der Waals surface area contributed by atoms with Gasteiger partial charge < -0.3 is 20.3 Å². The molecule has 0 unspecified atom stereocenters. The van der Waals surface area contributed by atoms with E-state index in [1.807, 2.05) is 76.2 Å². The molecule has 1 atom stereocenters. The maximum atomic E-state index is 11.7. The Bertz CT molecular complexity index is 1150. The van der Waals surface area contributed by atoms with Crippen LogP contribution in [0, 0.1) is 0 Å². The highest BCUT2D eigenvalue weighted by molar-refractivity contribution is 6.23. The fourth-order valence-corrected chi connectivity index (χ4v) is 3.79. The molecule has 0 aromatic heterocycles. The number of hydrogen-bond donors (Lipinski definition) is 3. The smallest absolute Gasteiger partial charge is 0.412 e. The van der Waals surface area contributed by atoms with Gasteiger partial charge >= 0.3 is 6.09 Å². The molecule has 0 fully saturated rings. The second-order valence-corrected chi connectivity index (χ2v) is 10.0. The first-order valence-electron chi connectivity index (χ1n) is 11.7. The molecule has 35 heavy (non-hydrogen) atoms. The Hall–Kier alpha value is -3.38. The quantitative estimate of drug-likeness (QED) is 0.202. The molecular weight excluding hydrogens is 464 g/mol. The molecule has 0 radical (unpaired) electrons. The maximum Gasteiger partial charge on any atom is 0.412 e. The summed E-state index contributed by atoms with van der Waals surface area (Å²) in [6.07, 6.45) is -0.391. The lowest BCUT2D eigenvalue weighted by Crippen LogP contribution is -2.37. The number of carbonyl (C=O) groups is 1. The number of anilines is 2. The molecule has 6 nitrogen and oxygen atoms in total. The molecule has 7 heteroatoms. The van der Waals surface area contributed by atoms with Crippen molar-refractivity contribution < 1.29 is 19.7 Å². The van der Waals surface area contributed by atoms with Crippen molar-refractivity contribution in [2.75, 3.05) is 10.2 Å². The summed E-state index contributed by atoms with van der Waals surface area (Å²) in [5, 5.41) is 23.4. The summed E-state index contributed by atoms with van der Waals surface area (Å²) in [4.78, 5) is 12.4. The van der Waals surface area contributed by atoms with Crippen molar-refractivity contribution in [2.45, 2.75) is 58.2 Å². The molecule has 0 aliphatic rings. The largest absolute Gasteiger partial charge is 0.506 e. The van der Waals surface area contributed by atoms with Gasteiger partial charge in [0.25, 0.3) is 0 Å². The summed E-state index contributed by atoms with van der Waals surface area (Å²) in [6, 6.07) is 20.5. The number of phenolic OH excluding ortho intramolecular Hbond substituents is 1. The highest BCUT2D eigenvalue weighted by Gasteiger charge is 2.21. The van der Waals surface area contributed by atoms with E-state index in [2.05, 4.69) is 5.32 Å². The summed E-state index contributed by atoms with van der Waals surface area (Å²) in [7, 11) is 0. The van der Waals surface area contributed by atoms with Gasteiger partial charge in [-0.05, 0) is 68.1 Å². The highest BCUT2D eigenvalue weighted by atomic mass is 35.5. The van der Waals surface area contributed by atoms with Gasteiger partial charge in [-0.2, -0.15) is 0 Å². The molecule has 0 bridgehead atoms. The Morgan fingerprint density at radius 3 is 2.40 bits per heavy atom. The average Bonchev–Trinajstić information content (AvgIpc) is 2.82. The van der Waals surface area contributed by atoms with Crippen LogP contribution in [0.15, 0.2) is 66.7 Å². The zero-order chi connectivity index (χ0) is 25.6. The fourth-order valence-electron chi connectivity index (χ4n) is 3.68. The van der Waals surface area contributed by atoms with Gasteiger partial charge in [0.15, 0.2) is 0 Å². The van der Waals surface area contributed by atoms with Crippen LogP contribution >= 0.6 is 11.6 Å². The van der Waals surface area contributed by atoms with E-state index in [1.165, 1.54) is 11.0 Å². The first-order valence-corrected chi connectivity index (χ1v) is 12.1. The lowest BCUT2D eigenvalue weighted by Gasteiger charge is -2.26. The van der Waals surface area contributed by atoms with Crippen LogP contribution < -0.4 is 15.0 Å². The molecule has 3 rings (SSSR count). The third-order valence-corrected chi connectivity index (χ3v) is 6.10. The van der Waals surface area contributed by atoms with Gasteiger partial charge in [0.1, 0.15) is 18.1 Å². The first-order chi connectivity index (χ1) is 16.6. The van der Waals surface area contributed by atoms with Crippen molar-refractivity contribution in [1.82, 2.24) is 0 Å². The number of phenols is 1. The summed E-state index contributed by atoms with van der Waals surface area (Å²) in [6.45, 7) is 8.47. The molecular formula is C28H33ClN2O4. The van der Waals surface area contributed by atoms with E-state index in [-0.39, 0.29) is 11.8 Å². The lowest BCUT2D eigenvalue weighted by atomic mass is 9.99. The van der Waals surface area contributed by atoms with Gasteiger partial charge in [-0.3, -0.25) is 4.90 Å². The summed E-state index contributed by atoms with van der Waals surface area (Å²) in [5.41, 5.74) is 3.87. The van der Waals surface area contributed by atoms with Crippen LogP contribution in [0.4, 0.5) is 16.2 Å². The molecule has 0 aliphatic carbocycles. The zero-order valence-corrected chi connectivity index (χ0v) is 21.3. The molecule has 3 aromatic rings. The molecule has 0 saturated carbocycles. The molecule has 0 spiro atoms. The lowest BCUT2D eigenvalue weighted by molar-refractivity contribution is 0.199. The van der Waals surface area contributed by atoms with Gasteiger partial charge in [0.2, 0.25) is 0 Å². The molecule has 0 heterocycles. The zero-order valence-electron chi connectivity index (χ0n) is 20.6. The minimum absolute atomic E-state index is 0.0218. The number of rotatable bonds is 10. The third kappa shape index (κ3) is 7.06. The van der Waals surface area contributed by atoms with Crippen LogP contribution in [0.5, 0.6) is 11.5 Å². The highest BCUT2D eigenvalue weighted by Crippen LogP contribution is 2.34. The predicted octanol–water partition coefficient (Wildman–Crippen LogP) is 7.34. The standard InChI is InChI=1S/C28H33ClN2O4/c1-5-19(2)31(27(33)34)23-11-12-25(26(32)16-23)30-17-21-13-22(28(3,4)29)15-24(14-21)35-18-20-9-7-6-8-10-20/h6-16,19,30,32H,5,17-18H2,1-4H3,(H,33,34)/t19-/m0/s1. The van der Waals surface area contributed by atoms with Gasteiger partial charge in [-0.15, -0.1) is 11.6 Å². The average molecular weight is 497 g/mol. The second kappa shape index (κ2) is 11.4. The Balaban J connectivity index is 1.78. The normalized spacial score (nSPS) is 12.1. The Kier molecular flexibility index (Phi) is 8.52. The van der Waals surface area contributed by atoms with Crippen molar-refractivity contribution in [3.8, 4) is 11.5 Å². The number of alkyl halides is 1. The Morgan fingerprint density at radius 2 is 1.80 bits per heavy atom. The third-order valence-electron chi connectivity index (χ3n) is 5.88. The van der Waals surface area contributed by atoms with Crippen LogP contribution in [0.1, 0.15) is 50.8 Å². The number of amides is 1. The van der Waals surface area contributed by atoms with Crippen LogP contribution in [-0.2, 0) is 18.0 Å². The number of aromatic hydroxyl groups is 1. The van der Waals surface area contributed by atoms with Crippen molar-refractivity contribution >= 4 is 29.1 Å². The second-order valence-electron chi connectivity index (χ2n) is 9.08. The summed E-state index contributed by atoms with van der Waals surface area (Å²) in [5.74, 6) is 0.688. The monoisotopic (exact) mass is 496 g/mol. The van der Waals surface area contributed by atoms with Gasteiger partial charge in [-0.1, -0.05) is 43.3 Å². The number of carboxylic acid groups (broad SMARTS) is 1. The van der Waals surface area contributed by atoms with Crippen molar-refractivity contribution in [3.05, 3.63) is 83.4 Å². The molecule has 0 aliphatic heterocycles. The van der Waals surface area contributed by atoms with Gasteiger partial charge in [-0.25, -0.2) is 4.79 Å². The van der Waals surface area contributed by atoms with Crippen LogP contribution in [0.3, 0.4) is 0 Å². The number of halogens is 1. The van der Waals surface area contributed by atoms with E-state index in [1.54, 1.807) is 12.1 Å². The van der Waals surface area contributed by atoms with E-state index in [9.17, 15) is 15.0 Å². The van der Waals surface area contributed by atoms with Gasteiger partial charge in [0.05, 0.1) is 16.2 Å². The molecule has 3 aromatic carbocycles. The van der Waals surface area contributed by atoms with E-state index >= 15 is 0 Å². The Morgan fingerprint density at radius 1 is 1.09 bits per heavy atom. The van der Waals surface area contributed by atoms with Crippen LogP contribution in [0.25, 0.3) is 0 Å². The molecule has 186 valence electrons. The van der Waals surface area contributed by atoms with Crippen molar-refractivity contribution in [2.24, 2.45) is 0 Å². The maximum absolute atomic E-state index is 11.7. The fraction of sp³-hybridized carbons (Fsp3) is 0.321. The van der Waals surface area contributed by atoms with Crippen LogP contribution in [-0.4, -0.2) is 22.3 Å². The number of benzene rings is 3. The van der Waals surface area contributed by atoms with E-state index < -0.39 is 11.0 Å². The van der Waals surface area contributed by atoms with Crippen molar-refractivity contribution in [1.29, 1.82) is 0 Å². The minimum atomic E-state index is -1.05.